The van der Waals surface area contributed by atoms with Gasteiger partial charge in [0.05, 0.1) is 23.8 Å². The molecule has 1 aliphatic heterocycles. The van der Waals surface area contributed by atoms with Gasteiger partial charge in [-0.3, -0.25) is 14.8 Å². The predicted molar refractivity (Wildman–Crippen MR) is 163 cm³/mol. The number of pyridine rings is 2. The number of amides is 1. The highest BCUT2D eigenvalue weighted by Crippen LogP contribution is 2.39. The number of terminal acetylenes is 1. The summed E-state index contributed by atoms with van der Waals surface area (Å²) in [5.74, 6) is -0.854. The Labute approximate surface area is 255 Å². The number of rotatable bonds is 6. The molecule has 0 bridgehead atoms. The van der Waals surface area contributed by atoms with Crippen molar-refractivity contribution < 1.29 is 27.8 Å². The first-order chi connectivity index (χ1) is 21.7. The first-order valence-electron chi connectivity index (χ1n) is 13.8. The minimum absolute atomic E-state index is 0.0788. The number of anilines is 1. The van der Waals surface area contributed by atoms with Gasteiger partial charge in [-0.05, 0) is 42.1 Å². The largest absolute Gasteiger partial charge is 0.508 e. The van der Waals surface area contributed by atoms with Gasteiger partial charge in [-0.2, -0.15) is 9.97 Å². The van der Waals surface area contributed by atoms with Crippen LogP contribution in [0.3, 0.4) is 0 Å². The van der Waals surface area contributed by atoms with E-state index < -0.39 is 23.4 Å². The van der Waals surface area contributed by atoms with Crippen molar-refractivity contribution in [2.75, 3.05) is 32.1 Å². The Balaban J connectivity index is 1.38. The van der Waals surface area contributed by atoms with E-state index in [9.17, 15) is 18.7 Å². The number of likely N-dealkylation sites (N-methyl/N-ethyl adjacent to an activating group) is 1. The predicted octanol–water partition coefficient (Wildman–Crippen LogP) is 5.26. The maximum Gasteiger partial charge on any atom is 0.318 e. The number of carbonyl (C=O) groups excluding carboxylic acids is 1. The highest BCUT2D eigenvalue weighted by Gasteiger charge is 2.33. The zero-order valence-corrected chi connectivity index (χ0v) is 24.1. The summed E-state index contributed by atoms with van der Waals surface area (Å²) < 4.78 is 51.1. The summed E-state index contributed by atoms with van der Waals surface area (Å²) >= 11 is 0. The van der Waals surface area contributed by atoms with Gasteiger partial charge in [-0.25, -0.2) is 13.2 Å². The summed E-state index contributed by atoms with van der Waals surface area (Å²) in [4.78, 5) is 33.0. The third kappa shape index (κ3) is 5.33. The number of methoxy groups -OCH3 is 1. The molecule has 0 radical (unpaired) electrons. The van der Waals surface area contributed by atoms with Gasteiger partial charge in [0.2, 0.25) is 0 Å². The van der Waals surface area contributed by atoms with Gasteiger partial charge in [0.15, 0.2) is 11.6 Å². The Morgan fingerprint density at radius 1 is 1.20 bits per heavy atom. The monoisotopic (exact) mass is 610 g/mol. The number of fused-ring (bicyclic) bond motifs is 2. The molecule has 1 amide bonds. The van der Waals surface area contributed by atoms with Crippen LogP contribution in [-0.2, 0) is 4.79 Å². The Kier molecular flexibility index (Phi) is 7.68. The number of hydrogen-bond acceptors (Lipinski definition) is 8. The van der Waals surface area contributed by atoms with Crippen molar-refractivity contribution in [2.45, 2.75) is 12.5 Å². The number of benzene rings is 2. The van der Waals surface area contributed by atoms with Crippen LogP contribution in [0.25, 0.3) is 39.0 Å². The maximum atomic E-state index is 16.4. The van der Waals surface area contributed by atoms with Gasteiger partial charge in [-0.1, -0.05) is 18.1 Å². The molecule has 0 saturated carbocycles. The molecule has 0 spiro atoms. The highest BCUT2D eigenvalue weighted by atomic mass is 19.1. The summed E-state index contributed by atoms with van der Waals surface area (Å²) in [5.41, 5.74) is -0.0537. The first-order valence-corrected chi connectivity index (χ1v) is 13.8. The molecule has 1 saturated heterocycles. The standard InChI is InChI=1S/C33H25F3N6O3/c1-4-22-25(34)9-8-18-13-21(43)15-23(27(18)22)29-28(36)30-24(16-38-29)31(40-33(39-30)45-3)41(2)20-10-12-42(17-20)32(44)26(35)14-19-7-5-6-11-37-19/h1,5-9,11,13-16,20,43H,10,12,17H2,2-3H3/b26-14-/t20-/m0/s1. The minimum atomic E-state index is -0.933. The topological polar surface area (TPSA) is 105 Å². The van der Waals surface area contributed by atoms with Gasteiger partial charge in [0.1, 0.15) is 28.6 Å². The second-order valence-corrected chi connectivity index (χ2v) is 10.4. The Morgan fingerprint density at radius 3 is 2.76 bits per heavy atom. The van der Waals surface area contributed by atoms with Crippen LogP contribution in [0.2, 0.25) is 0 Å². The van der Waals surface area contributed by atoms with E-state index in [1.54, 1.807) is 30.1 Å². The number of ether oxygens (including phenoxy) is 1. The van der Waals surface area contributed by atoms with Gasteiger partial charge < -0.3 is 19.6 Å². The first kappa shape index (κ1) is 29.4. The molecule has 2 aromatic carbocycles. The summed E-state index contributed by atoms with van der Waals surface area (Å²) in [6.07, 6.45) is 10.0. The minimum Gasteiger partial charge on any atom is -0.508 e. The fourth-order valence-electron chi connectivity index (χ4n) is 5.54. The van der Waals surface area contributed by atoms with E-state index in [2.05, 4.69) is 25.9 Å². The SMILES string of the molecule is C#Cc1c(F)ccc2cc(O)cc(-c3ncc4c(N(C)[C@H]5CCN(C(=O)/C(F)=C/c6ccccn6)C5)nc(OC)nc4c3F)c12. The lowest BCUT2D eigenvalue weighted by Crippen LogP contribution is -2.37. The van der Waals surface area contributed by atoms with Crippen molar-refractivity contribution in [1.82, 2.24) is 24.8 Å². The maximum absolute atomic E-state index is 16.4. The second kappa shape index (κ2) is 11.8. The van der Waals surface area contributed by atoms with E-state index in [-0.39, 0.29) is 69.8 Å². The quantitative estimate of drug-likeness (QED) is 0.205. The average molecular weight is 611 g/mol. The molecule has 1 aliphatic rings. The van der Waals surface area contributed by atoms with E-state index in [1.807, 2.05) is 0 Å². The van der Waals surface area contributed by atoms with Crippen LogP contribution in [0.1, 0.15) is 17.7 Å². The normalized spacial score (nSPS) is 15.0. The molecular weight excluding hydrogens is 585 g/mol. The van der Waals surface area contributed by atoms with Crippen LogP contribution in [-0.4, -0.2) is 69.1 Å². The number of nitrogens with zero attached hydrogens (tertiary/aromatic N) is 6. The number of carbonyl (C=O) groups is 1. The molecule has 6 rings (SSSR count). The van der Waals surface area contributed by atoms with Crippen LogP contribution in [0, 0.1) is 24.0 Å². The summed E-state index contributed by atoms with van der Waals surface area (Å²) in [5, 5.41) is 11.2. The Bertz CT molecular complexity index is 2050. The molecule has 0 aliphatic carbocycles. The number of halogens is 3. The van der Waals surface area contributed by atoms with Crippen molar-refractivity contribution in [1.29, 1.82) is 0 Å². The Morgan fingerprint density at radius 2 is 2.02 bits per heavy atom. The van der Waals surface area contributed by atoms with Crippen LogP contribution in [0.4, 0.5) is 19.0 Å². The molecular formula is C33H25F3N6O3. The number of phenols is 1. The fraction of sp³-hybridized carbons (Fsp3) is 0.182. The molecule has 5 aromatic rings. The molecule has 4 heterocycles. The van der Waals surface area contributed by atoms with Gasteiger partial charge in [0, 0.05) is 55.6 Å². The smallest absolute Gasteiger partial charge is 0.318 e. The van der Waals surface area contributed by atoms with Gasteiger partial charge >= 0.3 is 6.01 Å². The van der Waals surface area contributed by atoms with Crippen LogP contribution < -0.4 is 9.64 Å². The summed E-state index contributed by atoms with van der Waals surface area (Å²) in [7, 11) is 3.05. The lowest BCUT2D eigenvalue weighted by Gasteiger charge is -2.27. The van der Waals surface area contributed by atoms with Crippen molar-refractivity contribution in [3.05, 3.63) is 83.6 Å². The lowest BCUT2D eigenvalue weighted by molar-refractivity contribution is -0.127. The second-order valence-electron chi connectivity index (χ2n) is 10.4. The number of aromatic hydroxyl groups is 1. The van der Waals surface area contributed by atoms with Crippen LogP contribution >= 0.6 is 0 Å². The van der Waals surface area contributed by atoms with Crippen molar-refractivity contribution in [3.8, 4) is 35.4 Å². The fourth-order valence-corrected chi connectivity index (χ4v) is 5.54. The van der Waals surface area contributed by atoms with E-state index >= 15 is 4.39 Å². The number of aromatic nitrogens is 4. The molecule has 1 atom stereocenters. The van der Waals surface area contributed by atoms with E-state index in [0.29, 0.717) is 17.5 Å². The van der Waals surface area contributed by atoms with Gasteiger partial charge in [-0.15, -0.1) is 6.42 Å². The molecule has 9 nitrogen and oxygen atoms in total. The molecule has 1 fully saturated rings. The number of hydrogen-bond donors (Lipinski definition) is 1. The third-order valence-electron chi connectivity index (χ3n) is 7.78. The average Bonchev–Trinajstić information content (AvgIpc) is 3.54. The van der Waals surface area contributed by atoms with Crippen LogP contribution in [0.5, 0.6) is 11.8 Å². The van der Waals surface area contributed by atoms with Crippen molar-refractivity contribution >= 4 is 39.5 Å². The van der Waals surface area contributed by atoms with E-state index in [1.165, 1.54) is 48.7 Å². The molecule has 0 unspecified atom stereocenters. The number of phenolic OH excluding ortho intramolecular Hbond substituents is 1. The highest BCUT2D eigenvalue weighted by molar-refractivity contribution is 6.03. The van der Waals surface area contributed by atoms with Crippen LogP contribution in [0.15, 0.2) is 60.7 Å². The summed E-state index contributed by atoms with van der Waals surface area (Å²) in [6, 6.07) is 9.80. The third-order valence-corrected chi connectivity index (χ3v) is 7.78. The van der Waals surface area contributed by atoms with E-state index in [0.717, 1.165) is 6.08 Å². The molecule has 1 N–H and O–H groups in total. The van der Waals surface area contributed by atoms with Crippen molar-refractivity contribution in [3.63, 3.8) is 0 Å². The molecule has 226 valence electrons. The zero-order chi connectivity index (χ0) is 31.8. The zero-order valence-electron chi connectivity index (χ0n) is 24.1. The Hall–Kier alpha value is -5.70. The molecule has 12 heteroatoms. The van der Waals surface area contributed by atoms with Gasteiger partial charge in [0.25, 0.3) is 5.91 Å². The summed E-state index contributed by atoms with van der Waals surface area (Å²) in [6.45, 7) is 0.462. The number of likely N-dealkylation sites (tertiary alicyclic amines) is 1. The molecule has 3 aromatic heterocycles. The lowest BCUT2D eigenvalue weighted by atomic mass is 9.96. The molecule has 45 heavy (non-hydrogen) atoms. The van der Waals surface area contributed by atoms with Crippen molar-refractivity contribution in [2.24, 2.45) is 0 Å². The van der Waals surface area contributed by atoms with E-state index in [4.69, 9.17) is 11.2 Å².